The molecule has 0 fully saturated rings. The molecule has 0 aliphatic carbocycles. The molecule has 0 aromatic heterocycles. The van der Waals surface area contributed by atoms with Gasteiger partial charge in [-0.3, -0.25) is 0 Å². The maximum atomic E-state index is 11.4. The molecule has 0 saturated carbocycles. The van der Waals surface area contributed by atoms with Crippen molar-refractivity contribution in [3.05, 3.63) is 78.0 Å². The van der Waals surface area contributed by atoms with Gasteiger partial charge in [0.05, 0.1) is 6.10 Å². The smallest absolute Gasteiger partial charge is 0.145 e. The van der Waals surface area contributed by atoms with Crippen molar-refractivity contribution in [2.45, 2.75) is 18.1 Å². The summed E-state index contributed by atoms with van der Waals surface area (Å²) in [6, 6.07) is 19.3. The third-order valence-electron chi connectivity index (χ3n) is 4.24. The lowest BCUT2D eigenvalue weighted by Crippen LogP contribution is -2.46. The number of aliphatic hydroxyl groups excluding tert-OH is 1. The van der Waals surface area contributed by atoms with Crippen molar-refractivity contribution < 1.29 is 9.90 Å². The number of aliphatic hydroxyl groups is 1. The Morgan fingerprint density at radius 1 is 1.00 bits per heavy atom. The van der Waals surface area contributed by atoms with Crippen LogP contribution in [0.5, 0.6) is 0 Å². The molecule has 0 radical (unpaired) electrons. The molecule has 22 heavy (non-hydrogen) atoms. The minimum absolute atomic E-state index is 0.213. The first-order valence-electron chi connectivity index (χ1n) is 7.39. The van der Waals surface area contributed by atoms with E-state index >= 15 is 0 Å². The standard InChI is InChI=1S/C19H19NO2/c1-20-12-16(14-8-4-2-5-9-14)18(19(22)17(20)13-21)15-10-6-3-7-11-15/h2-13,17-19,22H,1H3. The number of rotatable bonds is 3. The van der Waals surface area contributed by atoms with Crippen LogP contribution >= 0.6 is 0 Å². The SMILES string of the molecule is CN1C=C(c2ccccc2)C(c2ccccc2)C(O)C1C=O. The zero-order valence-electron chi connectivity index (χ0n) is 12.5. The van der Waals surface area contributed by atoms with Crippen molar-refractivity contribution in [1.82, 2.24) is 4.90 Å². The van der Waals surface area contributed by atoms with Crippen LogP contribution in [0.15, 0.2) is 66.9 Å². The molecule has 3 heteroatoms. The zero-order chi connectivity index (χ0) is 15.5. The highest BCUT2D eigenvalue weighted by atomic mass is 16.3. The van der Waals surface area contributed by atoms with E-state index in [1.807, 2.05) is 73.9 Å². The van der Waals surface area contributed by atoms with Crippen molar-refractivity contribution in [3.63, 3.8) is 0 Å². The van der Waals surface area contributed by atoms with Crippen LogP contribution in [0.4, 0.5) is 0 Å². The molecular formula is C19H19NO2. The van der Waals surface area contributed by atoms with E-state index in [4.69, 9.17) is 0 Å². The average Bonchev–Trinajstić information content (AvgIpc) is 2.56. The highest BCUT2D eigenvalue weighted by Gasteiger charge is 2.37. The molecule has 112 valence electrons. The maximum Gasteiger partial charge on any atom is 0.145 e. The van der Waals surface area contributed by atoms with Gasteiger partial charge in [0, 0.05) is 19.2 Å². The number of likely N-dealkylation sites (N-methyl/N-ethyl adjacent to an activating group) is 1. The summed E-state index contributed by atoms with van der Waals surface area (Å²) in [5.41, 5.74) is 3.11. The van der Waals surface area contributed by atoms with Gasteiger partial charge < -0.3 is 14.8 Å². The van der Waals surface area contributed by atoms with Crippen molar-refractivity contribution in [2.24, 2.45) is 0 Å². The summed E-state index contributed by atoms with van der Waals surface area (Å²) >= 11 is 0. The summed E-state index contributed by atoms with van der Waals surface area (Å²) in [6.07, 6.45) is 2.02. The summed E-state index contributed by atoms with van der Waals surface area (Å²) in [4.78, 5) is 13.2. The van der Waals surface area contributed by atoms with Crippen LogP contribution in [0.1, 0.15) is 17.0 Å². The zero-order valence-corrected chi connectivity index (χ0v) is 12.5. The van der Waals surface area contributed by atoms with E-state index in [9.17, 15) is 9.90 Å². The number of carbonyl (C=O) groups is 1. The largest absolute Gasteiger partial charge is 0.390 e. The maximum absolute atomic E-state index is 11.4. The lowest BCUT2D eigenvalue weighted by Gasteiger charge is -2.39. The molecule has 2 aromatic carbocycles. The van der Waals surface area contributed by atoms with E-state index in [-0.39, 0.29) is 5.92 Å². The van der Waals surface area contributed by atoms with Crippen molar-refractivity contribution in [3.8, 4) is 0 Å². The molecular weight excluding hydrogens is 274 g/mol. The van der Waals surface area contributed by atoms with Gasteiger partial charge in [0.1, 0.15) is 12.3 Å². The molecule has 3 rings (SSSR count). The molecule has 3 nitrogen and oxygen atoms in total. The van der Waals surface area contributed by atoms with Gasteiger partial charge in [-0.1, -0.05) is 60.7 Å². The Hall–Kier alpha value is -2.39. The van der Waals surface area contributed by atoms with Crippen molar-refractivity contribution in [2.75, 3.05) is 7.05 Å². The van der Waals surface area contributed by atoms with E-state index in [1.54, 1.807) is 4.90 Å². The number of nitrogens with zero attached hydrogens (tertiary/aromatic N) is 1. The molecule has 0 amide bonds. The fraction of sp³-hybridized carbons (Fsp3) is 0.211. The first kappa shape index (κ1) is 14.5. The van der Waals surface area contributed by atoms with Crippen LogP contribution in [0.3, 0.4) is 0 Å². The van der Waals surface area contributed by atoms with Gasteiger partial charge in [0.25, 0.3) is 0 Å². The fourth-order valence-corrected chi connectivity index (χ4v) is 3.11. The monoisotopic (exact) mass is 293 g/mol. The number of hydrogen-bond donors (Lipinski definition) is 1. The number of aldehydes is 1. The third-order valence-corrected chi connectivity index (χ3v) is 4.24. The first-order chi connectivity index (χ1) is 10.7. The fourth-order valence-electron chi connectivity index (χ4n) is 3.11. The normalized spacial score (nSPS) is 24.7. The van der Waals surface area contributed by atoms with E-state index in [2.05, 4.69) is 0 Å². The summed E-state index contributed by atoms with van der Waals surface area (Å²) in [5.74, 6) is -0.213. The first-order valence-corrected chi connectivity index (χ1v) is 7.39. The lowest BCUT2D eigenvalue weighted by atomic mass is 9.78. The van der Waals surface area contributed by atoms with Gasteiger partial charge in [0.2, 0.25) is 0 Å². The Balaban J connectivity index is 2.13. The summed E-state index contributed by atoms with van der Waals surface area (Å²) in [7, 11) is 1.83. The Bertz CT molecular complexity index is 666. The predicted molar refractivity (Wildman–Crippen MR) is 87.2 cm³/mol. The number of carbonyl (C=O) groups excluding carboxylic acids is 1. The van der Waals surface area contributed by atoms with Gasteiger partial charge in [-0.05, 0) is 16.7 Å². The number of benzene rings is 2. The van der Waals surface area contributed by atoms with Crippen molar-refractivity contribution >= 4 is 11.9 Å². The highest BCUT2D eigenvalue weighted by molar-refractivity contribution is 5.76. The molecule has 1 aliphatic heterocycles. The summed E-state index contributed by atoms with van der Waals surface area (Å²) < 4.78 is 0. The average molecular weight is 293 g/mol. The van der Waals surface area contributed by atoms with Gasteiger partial charge in [0.15, 0.2) is 0 Å². The minimum atomic E-state index is -0.773. The summed E-state index contributed by atoms with van der Waals surface area (Å²) in [5, 5.41) is 10.8. The Morgan fingerprint density at radius 3 is 2.18 bits per heavy atom. The van der Waals surface area contributed by atoms with Crippen LogP contribution < -0.4 is 0 Å². The Kier molecular flexibility index (Phi) is 4.07. The van der Waals surface area contributed by atoms with Crippen molar-refractivity contribution in [1.29, 1.82) is 0 Å². The topological polar surface area (TPSA) is 40.5 Å². The molecule has 1 N–H and O–H groups in total. The second kappa shape index (κ2) is 6.16. The van der Waals surface area contributed by atoms with E-state index in [1.165, 1.54) is 0 Å². The van der Waals surface area contributed by atoms with Crippen LogP contribution in [-0.2, 0) is 4.79 Å². The third kappa shape index (κ3) is 2.55. The van der Waals surface area contributed by atoms with Crippen LogP contribution in [0, 0.1) is 0 Å². The van der Waals surface area contributed by atoms with E-state index < -0.39 is 12.1 Å². The van der Waals surface area contributed by atoms with E-state index in [0.29, 0.717) is 0 Å². The minimum Gasteiger partial charge on any atom is -0.390 e. The van der Waals surface area contributed by atoms with Crippen LogP contribution in [0.25, 0.3) is 5.57 Å². The van der Waals surface area contributed by atoms with Crippen LogP contribution in [-0.4, -0.2) is 35.5 Å². The van der Waals surface area contributed by atoms with Gasteiger partial charge in [-0.25, -0.2) is 0 Å². The van der Waals surface area contributed by atoms with Gasteiger partial charge in [-0.15, -0.1) is 0 Å². The molecule has 0 spiro atoms. The molecule has 2 aromatic rings. The second-order valence-corrected chi connectivity index (χ2v) is 5.62. The van der Waals surface area contributed by atoms with Gasteiger partial charge in [-0.2, -0.15) is 0 Å². The molecule has 0 saturated heterocycles. The summed E-state index contributed by atoms with van der Waals surface area (Å²) in [6.45, 7) is 0. The highest BCUT2D eigenvalue weighted by Crippen LogP contribution is 2.39. The Morgan fingerprint density at radius 2 is 1.59 bits per heavy atom. The second-order valence-electron chi connectivity index (χ2n) is 5.62. The van der Waals surface area contributed by atoms with Crippen LogP contribution in [0.2, 0.25) is 0 Å². The van der Waals surface area contributed by atoms with E-state index in [0.717, 1.165) is 23.0 Å². The van der Waals surface area contributed by atoms with Gasteiger partial charge >= 0.3 is 0 Å². The molecule has 1 heterocycles. The molecule has 3 atom stereocenters. The quantitative estimate of drug-likeness (QED) is 0.885. The lowest BCUT2D eigenvalue weighted by molar-refractivity contribution is -0.115. The molecule has 1 aliphatic rings. The predicted octanol–water partition coefficient (Wildman–Crippen LogP) is 2.69. The molecule has 3 unspecified atom stereocenters. The Labute approximate surface area is 130 Å². The molecule has 0 bridgehead atoms. The number of hydrogen-bond acceptors (Lipinski definition) is 3.